The molecule has 1 aromatic heterocycles. The van der Waals surface area contributed by atoms with Gasteiger partial charge in [0.15, 0.2) is 11.5 Å². The Balaban J connectivity index is 1.25. The largest absolute Gasteiger partial charge is 0.493 e. The Morgan fingerprint density at radius 1 is 1.10 bits per heavy atom. The van der Waals surface area contributed by atoms with Crippen molar-refractivity contribution in [1.82, 2.24) is 19.8 Å². The van der Waals surface area contributed by atoms with Crippen molar-refractivity contribution in [1.29, 1.82) is 0 Å². The summed E-state index contributed by atoms with van der Waals surface area (Å²) < 4.78 is 23.2. The third-order valence-corrected chi connectivity index (χ3v) is 7.40. The van der Waals surface area contributed by atoms with Crippen LogP contribution in [-0.4, -0.2) is 96.7 Å². The Hall–Kier alpha value is -3.54. The van der Waals surface area contributed by atoms with Gasteiger partial charge in [0, 0.05) is 62.7 Å². The fourth-order valence-electron chi connectivity index (χ4n) is 4.89. The molecule has 0 radical (unpaired) electrons. The van der Waals surface area contributed by atoms with Crippen molar-refractivity contribution in [3.63, 3.8) is 0 Å². The van der Waals surface area contributed by atoms with Crippen molar-refractivity contribution in [2.24, 2.45) is 0 Å². The van der Waals surface area contributed by atoms with Gasteiger partial charge in [-0.25, -0.2) is 14.8 Å². The van der Waals surface area contributed by atoms with Crippen LogP contribution in [0, 0.1) is 0 Å². The number of methoxy groups -OCH3 is 1. The molecule has 2 aliphatic heterocycles. The van der Waals surface area contributed by atoms with Crippen molar-refractivity contribution in [2.75, 3.05) is 65.0 Å². The van der Waals surface area contributed by atoms with Crippen LogP contribution in [0.4, 0.5) is 16.3 Å². The summed E-state index contributed by atoms with van der Waals surface area (Å²) in [5.74, 6) is 2.41. The number of nitrogens with zero attached hydrogens (tertiary/aromatic N) is 4. The van der Waals surface area contributed by atoms with E-state index in [0.29, 0.717) is 66.1 Å². The number of hydrogen-bond acceptors (Lipinski definition) is 9. The van der Waals surface area contributed by atoms with E-state index < -0.39 is 6.09 Å². The van der Waals surface area contributed by atoms with Gasteiger partial charge in [-0.1, -0.05) is 11.6 Å². The lowest BCUT2D eigenvalue weighted by atomic mass is 10.1. The molecule has 3 aromatic rings. The second-order valence-electron chi connectivity index (χ2n) is 9.76. The first-order chi connectivity index (χ1) is 19.5. The van der Waals surface area contributed by atoms with Crippen molar-refractivity contribution < 1.29 is 28.8 Å². The summed E-state index contributed by atoms with van der Waals surface area (Å²) in [6, 6.07) is 9.20. The number of likely N-dealkylation sites (tertiary alicyclic amines) is 1. The van der Waals surface area contributed by atoms with Crippen LogP contribution >= 0.6 is 11.6 Å². The molecule has 40 heavy (non-hydrogen) atoms. The van der Waals surface area contributed by atoms with Gasteiger partial charge in [0.1, 0.15) is 24.0 Å². The first kappa shape index (κ1) is 28.0. The Bertz CT molecular complexity index is 1310. The zero-order valence-corrected chi connectivity index (χ0v) is 23.2. The quantitative estimate of drug-likeness (QED) is 0.333. The summed E-state index contributed by atoms with van der Waals surface area (Å²) in [5, 5.41) is 13.7. The summed E-state index contributed by atoms with van der Waals surface area (Å²) >= 11 is 6.55. The molecular weight excluding hydrogens is 538 g/mol. The first-order valence-corrected chi connectivity index (χ1v) is 13.8. The van der Waals surface area contributed by atoms with E-state index >= 15 is 0 Å². The minimum Gasteiger partial charge on any atom is -0.493 e. The highest BCUT2D eigenvalue weighted by atomic mass is 35.5. The predicted octanol–water partition coefficient (Wildman–Crippen LogP) is 4.66. The van der Waals surface area contributed by atoms with E-state index in [0.717, 1.165) is 50.3 Å². The average molecular weight is 572 g/mol. The van der Waals surface area contributed by atoms with Crippen molar-refractivity contribution in [3.05, 3.63) is 41.7 Å². The van der Waals surface area contributed by atoms with Crippen molar-refractivity contribution in [2.45, 2.75) is 25.4 Å². The van der Waals surface area contributed by atoms with Gasteiger partial charge in [-0.2, -0.15) is 0 Å². The molecular formula is C28H34ClN5O6. The van der Waals surface area contributed by atoms with Gasteiger partial charge in [0.25, 0.3) is 0 Å². The monoisotopic (exact) mass is 571 g/mol. The second-order valence-corrected chi connectivity index (χ2v) is 10.2. The highest BCUT2D eigenvalue weighted by Gasteiger charge is 2.24. The van der Waals surface area contributed by atoms with Gasteiger partial charge in [0.2, 0.25) is 0 Å². The molecule has 0 bridgehead atoms. The molecule has 2 aromatic carbocycles. The van der Waals surface area contributed by atoms with Crippen molar-refractivity contribution in [3.8, 4) is 17.2 Å². The first-order valence-electron chi connectivity index (χ1n) is 13.5. The number of carbonyl (C=O) groups is 1. The van der Waals surface area contributed by atoms with Gasteiger partial charge < -0.3 is 34.3 Å². The molecule has 12 heteroatoms. The minimum absolute atomic E-state index is 0.0833. The molecule has 3 heterocycles. The van der Waals surface area contributed by atoms with Crippen LogP contribution in [0.3, 0.4) is 0 Å². The average Bonchev–Trinajstić information content (AvgIpc) is 2.97. The maximum Gasteiger partial charge on any atom is 0.407 e. The normalized spacial score (nSPS) is 16.6. The lowest BCUT2D eigenvalue weighted by molar-refractivity contribution is 0.0357. The summed E-state index contributed by atoms with van der Waals surface area (Å²) in [5.41, 5.74) is 1.45. The fraction of sp³-hybridized carbons (Fsp3) is 0.464. The number of benzene rings is 2. The molecule has 2 saturated heterocycles. The van der Waals surface area contributed by atoms with Crippen LogP contribution in [0.25, 0.3) is 10.9 Å². The van der Waals surface area contributed by atoms with Crippen molar-refractivity contribution >= 4 is 40.1 Å². The zero-order chi connectivity index (χ0) is 27.9. The van der Waals surface area contributed by atoms with Gasteiger partial charge in [-0.3, -0.25) is 4.90 Å². The molecule has 2 N–H and O–H groups in total. The van der Waals surface area contributed by atoms with Crippen LogP contribution in [0.2, 0.25) is 5.02 Å². The highest BCUT2D eigenvalue weighted by Crippen LogP contribution is 2.36. The topological polar surface area (TPSA) is 119 Å². The van der Waals surface area contributed by atoms with Gasteiger partial charge in [-0.05, 0) is 30.7 Å². The number of carboxylic acid groups (broad SMARTS) is 1. The SMILES string of the molecule is COc1cc2ncnc(Nc3ccc(OC4CCN(C(=O)O)CC4)c(Cl)c3)c2cc1OCCCN1CCOCC1. The number of ether oxygens (including phenoxy) is 4. The molecule has 5 rings (SSSR count). The number of rotatable bonds is 10. The van der Waals surface area contributed by atoms with Gasteiger partial charge >= 0.3 is 6.09 Å². The molecule has 0 unspecified atom stereocenters. The maximum atomic E-state index is 11.1. The van der Waals surface area contributed by atoms with E-state index in [9.17, 15) is 4.79 Å². The molecule has 0 saturated carbocycles. The van der Waals surface area contributed by atoms with Crippen LogP contribution in [0.1, 0.15) is 19.3 Å². The molecule has 0 atom stereocenters. The van der Waals surface area contributed by atoms with Crippen LogP contribution in [0.15, 0.2) is 36.7 Å². The molecule has 2 aliphatic rings. The molecule has 11 nitrogen and oxygen atoms in total. The number of piperidine rings is 1. The maximum absolute atomic E-state index is 11.1. The van der Waals surface area contributed by atoms with Crippen LogP contribution < -0.4 is 19.5 Å². The number of morpholine rings is 1. The van der Waals surface area contributed by atoms with Crippen LogP contribution in [-0.2, 0) is 4.74 Å². The molecule has 0 spiro atoms. The molecule has 214 valence electrons. The summed E-state index contributed by atoms with van der Waals surface area (Å²) in [6.45, 7) is 5.88. The van der Waals surface area contributed by atoms with E-state index in [1.807, 2.05) is 24.3 Å². The Kier molecular flexibility index (Phi) is 9.25. The van der Waals surface area contributed by atoms with E-state index in [1.165, 1.54) is 11.2 Å². The number of halogens is 1. The Morgan fingerprint density at radius 2 is 1.90 bits per heavy atom. The van der Waals surface area contributed by atoms with E-state index in [1.54, 1.807) is 13.2 Å². The summed E-state index contributed by atoms with van der Waals surface area (Å²) in [4.78, 5) is 23.8. The number of hydrogen-bond donors (Lipinski definition) is 2. The smallest absolute Gasteiger partial charge is 0.407 e. The fourth-order valence-corrected chi connectivity index (χ4v) is 5.11. The third-order valence-electron chi connectivity index (χ3n) is 7.10. The predicted molar refractivity (Wildman–Crippen MR) is 151 cm³/mol. The number of fused-ring (bicyclic) bond motifs is 1. The van der Waals surface area contributed by atoms with Gasteiger partial charge in [0.05, 0.1) is 37.5 Å². The number of anilines is 2. The van der Waals surface area contributed by atoms with E-state index in [-0.39, 0.29) is 6.10 Å². The number of aromatic nitrogens is 2. The Morgan fingerprint density at radius 3 is 2.62 bits per heavy atom. The van der Waals surface area contributed by atoms with Crippen LogP contribution in [0.5, 0.6) is 17.2 Å². The molecule has 0 aliphatic carbocycles. The number of nitrogens with one attached hydrogen (secondary N) is 1. The summed E-state index contributed by atoms with van der Waals surface area (Å²) in [7, 11) is 1.61. The van der Waals surface area contributed by atoms with Gasteiger partial charge in [-0.15, -0.1) is 0 Å². The lowest BCUT2D eigenvalue weighted by Gasteiger charge is -2.30. The standard InChI is InChI=1S/C28H34ClN5O6/c1-37-25-17-23-21(16-26(25)39-12-2-7-33-10-13-38-14-11-33)27(31-18-30-23)32-19-3-4-24(22(29)15-19)40-20-5-8-34(9-6-20)28(35)36/h3-4,15-18,20H,2,5-14H2,1H3,(H,35,36)(H,30,31,32). The summed E-state index contributed by atoms with van der Waals surface area (Å²) in [6.07, 6.45) is 2.65. The highest BCUT2D eigenvalue weighted by molar-refractivity contribution is 6.32. The molecule has 2 fully saturated rings. The third kappa shape index (κ3) is 6.96. The minimum atomic E-state index is -0.898. The van der Waals surface area contributed by atoms with E-state index in [4.69, 9.17) is 35.7 Å². The Labute approximate surface area is 237 Å². The second kappa shape index (κ2) is 13.2. The molecule has 1 amide bonds. The number of amides is 1. The zero-order valence-electron chi connectivity index (χ0n) is 22.5. The lowest BCUT2D eigenvalue weighted by Crippen LogP contribution is -2.41. The van der Waals surface area contributed by atoms with E-state index in [2.05, 4.69) is 20.2 Å².